The van der Waals surface area contributed by atoms with Gasteiger partial charge in [0.05, 0.1) is 11.2 Å². The highest BCUT2D eigenvalue weighted by Crippen LogP contribution is 2.29. The quantitative estimate of drug-likeness (QED) is 0.485. The number of carboxylic acids is 1. The average molecular weight is 410 g/mol. The fourth-order valence-electron chi connectivity index (χ4n) is 4.02. The summed E-state index contributed by atoms with van der Waals surface area (Å²) in [6.45, 7) is 1.10. The number of para-hydroxylation sites is 1. The van der Waals surface area contributed by atoms with Crippen LogP contribution in [0.5, 0.6) is 5.75 Å². The number of nitrogens with zero attached hydrogens (tertiary/aromatic N) is 1. The fraction of sp³-hybridized carbons (Fsp3) is 0.154. The molecule has 31 heavy (non-hydrogen) atoms. The third-order valence-electron chi connectivity index (χ3n) is 5.80. The normalized spacial score (nSPS) is 17.8. The fourth-order valence-corrected chi connectivity index (χ4v) is 4.02. The number of hydrogen-bond acceptors (Lipinski definition) is 4. The van der Waals surface area contributed by atoms with Crippen LogP contribution >= 0.6 is 0 Å². The molecule has 1 aliphatic heterocycles. The Bertz CT molecular complexity index is 1220. The smallest absolute Gasteiger partial charge is 0.321 e. The van der Waals surface area contributed by atoms with Gasteiger partial charge in [0.2, 0.25) is 0 Å². The molecular formula is C26H22N2O3. The molecule has 5 heteroatoms. The van der Waals surface area contributed by atoms with E-state index in [0.29, 0.717) is 13.2 Å². The van der Waals surface area contributed by atoms with Crippen molar-refractivity contribution in [2.24, 2.45) is 0 Å². The molecule has 0 bridgehead atoms. The second kappa shape index (κ2) is 8.20. The van der Waals surface area contributed by atoms with Crippen LogP contribution in [-0.4, -0.2) is 28.6 Å². The van der Waals surface area contributed by atoms with Gasteiger partial charge >= 0.3 is 5.97 Å². The SMILES string of the molecule is O=C(O)C1NCC1c1ccc(OCc2cc(-c3ccccc3)nc3ccccc23)cc1. The number of carbonyl (C=O) groups is 1. The second-order valence-electron chi connectivity index (χ2n) is 7.74. The number of aromatic nitrogens is 1. The summed E-state index contributed by atoms with van der Waals surface area (Å²) in [6.07, 6.45) is 0. The molecule has 4 aromatic rings. The van der Waals surface area contributed by atoms with Crippen LogP contribution in [0, 0.1) is 0 Å². The lowest BCUT2D eigenvalue weighted by atomic mass is 9.85. The molecule has 0 spiro atoms. The first-order valence-electron chi connectivity index (χ1n) is 10.3. The van der Waals surface area contributed by atoms with Crippen molar-refractivity contribution in [3.63, 3.8) is 0 Å². The van der Waals surface area contributed by atoms with Gasteiger partial charge in [-0.1, -0.05) is 60.7 Å². The number of benzene rings is 3. The molecule has 2 heterocycles. The van der Waals surface area contributed by atoms with Gasteiger partial charge in [-0.05, 0) is 29.8 Å². The van der Waals surface area contributed by atoms with E-state index in [1.165, 1.54) is 0 Å². The van der Waals surface area contributed by atoms with Crippen LogP contribution in [0.15, 0.2) is 84.9 Å². The maximum Gasteiger partial charge on any atom is 0.321 e. The predicted octanol–water partition coefficient (Wildman–Crippen LogP) is 4.62. The first-order chi connectivity index (χ1) is 15.2. The minimum Gasteiger partial charge on any atom is -0.489 e. The molecule has 1 aromatic heterocycles. The number of pyridine rings is 1. The summed E-state index contributed by atoms with van der Waals surface area (Å²) >= 11 is 0. The van der Waals surface area contributed by atoms with E-state index in [9.17, 15) is 9.90 Å². The zero-order chi connectivity index (χ0) is 21.2. The molecule has 5 nitrogen and oxygen atoms in total. The van der Waals surface area contributed by atoms with Crippen molar-refractivity contribution in [2.75, 3.05) is 6.54 Å². The molecule has 2 N–H and O–H groups in total. The Labute approximate surface area is 180 Å². The molecule has 1 fully saturated rings. The average Bonchev–Trinajstić information content (AvgIpc) is 2.77. The van der Waals surface area contributed by atoms with Crippen molar-refractivity contribution in [1.29, 1.82) is 0 Å². The van der Waals surface area contributed by atoms with E-state index in [1.54, 1.807) is 0 Å². The van der Waals surface area contributed by atoms with Crippen molar-refractivity contribution in [1.82, 2.24) is 10.3 Å². The lowest BCUT2D eigenvalue weighted by Crippen LogP contribution is -2.55. The topological polar surface area (TPSA) is 71.5 Å². The first-order valence-corrected chi connectivity index (χ1v) is 10.3. The maximum atomic E-state index is 11.2. The summed E-state index contributed by atoms with van der Waals surface area (Å²) in [5.41, 5.74) is 5.02. The van der Waals surface area contributed by atoms with Crippen molar-refractivity contribution < 1.29 is 14.6 Å². The third kappa shape index (κ3) is 3.88. The van der Waals surface area contributed by atoms with Gasteiger partial charge in [-0.25, -0.2) is 4.98 Å². The first kappa shape index (κ1) is 19.3. The van der Waals surface area contributed by atoms with Gasteiger partial charge in [0.15, 0.2) is 0 Å². The van der Waals surface area contributed by atoms with Crippen LogP contribution in [0.3, 0.4) is 0 Å². The van der Waals surface area contributed by atoms with E-state index in [2.05, 4.69) is 29.6 Å². The highest BCUT2D eigenvalue weighted by atomic mass is 16.5. The number of aliphatic carboxylic acids is 1. The van der Waals surface area contributed by atoms with Crippen molar-refractivity contribution >= 4 is 16.9 Å². The van der Waals surface area contributed by atoms with E-state index >= 15 is 0 Å². The Kier molecular flexibility index (Phi) is 5.10. The highest BCUT2D eigenvalue weighted by molar-refractivity contribution is 5.85. The van der Waals surface area contributed by atoms with Crippen LogP contribution < -0.4 is 10.1 Å². The Morgan fingerprint density at radius 2 is 1.74 bits per heavy atom. The van der Waals surface area contributed by atoms with Gasteiger partial charge in [-0.15, -0.1) is 0 Å². The summed E-state index contributed by atoms with van der Waals surface area (Å²) in [7, 11) is 0. The number of nitrogens with one attached hydrogen (secondary N) is 1. The Morgan fingerprint density at radius 3 is 2.45 bits per heavy atom. The van der Waals surface area contributed by atoms with Crippen molar-refractivity contribution in [2.45, 2.75) is 18.6 Å². The van der Waals surface area contributed by atoms with Gasteiger partial charge in [-0.2, -0.15) is 0 Å². The summed E-state index contributed by atoms with van der Waals surface area (Å²) in [6, 6.07) is 27.5. The van der Waals surface area contributed by atoms with Gasteiger partial charge in [0.1, 0.15) is 18.4 Å². The molecule has 2 atom stereocenters. The van der Waals surface area contributed by atoms with E-state index in [4.69, 9.17) is 9.72 Å². The molecule has 5 rings (SSSR count). The molecule has 3 aromatic carbocycles. The molecular weight excluding hydrogens is 388 g/mol. The van der Waals surface area contributed by atoms with E-state index in [0.717, 1.165) is 39.0 Å². The van der Waals surface area contributed by atoms with Crippen LogP contribution in [0.2, 0.25) is 0 Å². The number of ether oxygens (including phenoxy) is 1. The lowest BCUT2D eigenvalue weighted by molar-refractivity contribution is -0.142. The van der Waals surface area contributed by atoms with Gasteiger partial charge in [0.25, 0.3) is 0 Å². The van der Waals surface area contributed by atoms with Gasteiger partial charge < -0.3 is 15.2 Å². The third-order valence-corrected chi connectivity index (χ3v) is 5.80. The number of rotatable bonds is 6. The molecule has 0 saturated carbocycles. The largest absolute Gasteiger partial charge is 0.489 e. The predicted molar refractivity (Wildman–Crippen MR) is 120 cm³/mol. The lowest BCUT2D eigenvalue weighted by Gasteiger charge is -2.35. The summed E-state index contributed by atoms with van der Waals surface area (Å²) < 4.78 is 6.09. The van der Waals surface area contributed by atoms with Gasteiger partial charge in [0, 0.05) is 29.0 Å². The standard InChI is InChI=1S/C26H22N2O3/c29-26(30)25-22(15-27-25)17-10-12-20(13-11-17)31-16-19-14-24(18-6-2-1-3-7-18)28-23-9-5-4-8-21(19)23/h1-14,22,25,27H,15-16H2,(H,29,30). The molecule has 1 saturated heterocycles. The summed E-state index contributed by atoms with van der Waals surface area (Å²) in [5, 5.41) is 13.3. The van der Waals surface area contributed by atoms with Crippen LogP contribution in [0.4, 0.5) is 0 Å². The maximum absolute atomic E-state index is 11.2. The van der Waals surface area contributed by atoms with E-state index < -0.39 is 12.0 Å². The summed E-state index contributed by atoms with van der Waals surface area (Å²) in [4.78, 5) is 16.1. The molecule has 154 valence electrons. The van der Waals surface area contributed by atoms with Crippen LogP contribution in [-0.2, 0) is 11.4 Å². The summed E-state index contributed by atoms with van der Waals surface area (Å²) in [5.74, 6) is -0.0513. The van der Waals surface area contributed by atoms with Gasteiger partial charge in [-0.3, -0.25) is 4.79 Å². The van der Waals surface area contributed by atoms with Crippen LogP contribution in [0.25, 0.3) is 22.2 Å². The minimum absolute atomic E-state index is 0.00382. The Balaban J connectivity index is 1.37. The van der Waals surface area contributed by atoms with Crippen molar-refractivity contribution in [3.05, 3.63) is 96.1 Å². The number of carboxylic acid groups (broad SMARTS) is 1. The Morgan fingerprint density at radius 1 is 1.00 bits per heavy atom. The number of hydrogen-bond donors (Lipinski definition) is 2. The van der Waals surface area contributed by atoms with E-state index in [1.807, 2.05) is 60.7 Å². The molecule has 0 radical (unpaired) electrons. The van der Waals surface area contributed by atoms with Crippen LogP contribution in [0.1, 0.15) is 17.0 Å². The Hall–Kier alpha value is -3.70. The highest BCUT2D eigenvalue weighted by Gasteiger charge is 2.36. The zero-order valence-electron chi connectivity index (χ0n) is 16.9. The molecule has 0 aliphatic carbocycles. The minimum atomic E-state index is -0.810. The molecule has 2 unspecified atom stereocenters. The monoisotopic (exact) mass is 410 g/mol. The molecule has 1 aliphatic rings. The number of fused-ring (bicyclic) bond motifs is 1. The second-order valence-corrected chi connectivity index (χ2v) is 7.74. The zero-order valence-corrected chi connectivity index (χ0v) is 16.9. The van der Waals surface area contributed by atoms with E-state index in [-0.39, 0.29) is 5.92 Å². The van der Waals surface area contributed by atoms with Crippen molar-refractivity contribution in [3.8, 4) is 17.0 Å². The molecule has 0 amide bonds.